The average Bonchev–Trinajstić information content (AvgIpc) is 3.20. The lowest BCUT2D eigenvalue weighted by Gasteiger charge is -2.26. The van der Waals surface area contributed by atoms with Crippen molar-refractivity contribution in [1.29, 1.82) is 0 Å². The minimum atomic E-state index is -0.515. The summed E-state index contributed by atoms with van der Waals surface area (Å²) in [5.41, 5.74) is 2.24. The monoisotopic (exact) mass is 449 g/mol. The largest absolute Gasteiger partial charge is 0.344 e. The van der Waals surface area contributed by atoms with Crippen LogP contribution in [0.15, 0.2) is 61.2 Å². The number of nitrogens with one attached hydrogen (secondary N) is 1. The molecule has 0 saturated carbocycles. The second-order valence-electron chi connectivity index (χ2n) is 8.59. The molecule has 6 nitrogen and oxygen atoms in total. The number of carbonyl (C=O) groups excluding carboxylic acids is 3. The van der Waals surface area contributed by atoms with Gasteiger partial charge in [-0.1, -0.05) is 48.5 Å². The SMILES string of the molecule is C=CCN1CCN(C(=O)[C@@H]2CCC(=O)N2)C[C@H](Cc2ccc(-c3ccccc3F)cc2)C1=O. The minimum absolute atomic E-state index is 0.0150. The number of halogens is 1. The minimum Gasteiger partial charge on any atom is -0.344 e. The van der Waals surface area contributed by atoms with E-state index in [4.69, 9.17) is 0 Å². The lowest BCUT2D eigenvalue weighted by Crippen LogP contribution is -2.46. The quantitative estimate of drug-likeness (QED) is 0.690. The third-order valence-corrected chi connectivity index (χ3v) is 6.32. The van der Waals surface area contributed by atoms with Crippen LogP contribution >= 0.6 is 0 Å². The van der Waals surface area contributed by atoms with Gasteiger partial charge in [-0.3, -0.25) is 14.4 Å². The molecule has 0 radical (unpaired) electrons. The molecule has 33 heavy (non-hydrogen) atoms. The Hall–Kier alpha value is -3.48. The highest BCUT2D eigenvalue weighted by Gasteiger charge is 2.36. The van der Waals surface area contributed by atoms with Crippen molar-refractivity contribution >= 4 is 17.7 Å². The molecule has 0 bridgehead atoms. The van der Waals surface area contributed by atoms with Crippen molar-refractivity contribution in [3.8, 4) is 11.1 Å². The fraction of sp³-hybridized carbons (Fsp3) is 0.346. The summed E-state index contributed by atoms with van der Waals surface area (Å²) in [5.74, 6) is -0.947. The van der Waals surface area contributed by atoms with E-state index in [9.17, 15) is 18.8 Å². The van der Waals surface area contributed by atoms with Gasteiger partial charge in [0.15, 0.2) is 0 Å². The van der Waals surface area contributed by atoms with E-state index in [2.05, 4.69) is 11.9 Å². The first-order valence-electron chi connectivity index (χ1n) is 11.3. The van der Waals surface area contributed by atoms with Crippen LogP contribution in [-0.2, 0) is 20.8 Å². The molecule has 2 aromatic carbocycles. The van der Waals surface area contributed by atoms with E-state index >= 15 is 0 Å². The summed E-state index contributed by atoms with van der Waals surface area (Å²) < 4.78 is 14.1. The van der Waals surface area contributed by atoms with Crippen LogP contribution in [0.3, 0.4) is 0 Å². The third-order valence-electron chi connectivity index (χ3n) is 6.32. The zero-order valence-corrected chi connectivity index (χ0v) is 18.5. The first-order valence-corrected chi connectivity index (χ1v) is 11.3. The first-order chi connectivity index (χ1) is 16.0. The Morgan fingerprint density at radius 2 is 1.88 bits per heavy atom. The van der Waals surface area contributed by atoms with E-state index in [1.54, 1.807) is 34.1 Å². The van der Waals surface area contributed by atoms with Gasteiger partial charge >= 0.3 is 0 Å². The Kier molecular flexibility index (Phi) is 6.87. The number of hydrogen-bond acceptors (Lipinski definition) is 3. The molecule has 172 valence electrons. The fourth-order valence-corrected chi connectivity index (χ4v) is 4.55. The van der Waals surface area contributed by atoms with Crippen molar-refractivity contribution in [2.45, 2.75) is 25.3 Å². The lowest BCUT2D eigenvalue weighted by atomic mass is 9.95. The first kappa shape index (κ1) is 22.7. The standard InChI is InChI=1S/C26H28FN3O3/c1-2-13-29-14-15-30(26(33)23-11-12-24(31)28-23)17-20(25(29)32)16-18-7-9-19(10-8-18)21-5-3-4-6-22(21)27/h2-10,20,23H,1,11-17H2,(H,28,31)/t20-,23-/m0/s1. The molecule has 2 heterocycles. The molecule has 3 amide bonds. The molecule has 0 aliphatic carbocycles. The molecule has 7 heteroatoms. The molecular weight excluding hydrogens is 421 g/mol. The topological polar surface area (TPSA) is 69.7 Å². The molecule has 2 aliphatic heterocycles. The van der Waals surface area contributed by atoms with Crippen LogP contribution in [0.2, 0.25) is 0 Å². The molecule has 1 N–H and O–H groups in total. The summed E-state index contributed by atoms with van der Waals surface area (Å²) in [7, 11) is 0. The van der Waals surface area contributed by atoms with Crippen LogP contribution < -0.4 is 5.32 Å². The fourth-order valence-electron chi connectivity index (χ4n) is 4.55. The summed E-state index contributed by atoms with van der Waals surface area (Å²) in [5, 5.41) is 2.73. The van der Waals surface area contributed by atoms with E-state index < -0.39 is 12.0 Å². The van der Waals surface area contributed by atoms with Crippen LogP contribution in [-0.4, -0.2) is 59.7 Å². The highest BCUT2D eigenvalue weighted by Crippen LogP contribution is 2.25. The van der Waals surface area contributed by atoms with Gasteiger partial charge < -0.3 is 15.1 Å². The van der Waals surface area contributed by atoms with Gasteiger partial charge in [-0.25, -0.2) is 4.39 Å². The maximum Gasteiger partial charge on any atom is 0.245 e. The molecular formula is C26H28FN3O3. The summed E-state index contributed by atoms with van der Waals surface area (Å²) >= 11 is 0. The molecule has 2 atom stereocenters. The molecule has 0 aromatic heterocycles. The van der Waals surface area contributed by atoms with Crippen LogP contribution in [0.4, 0.5) is 4.39 Å². The Labute approximate surface area is 193 Å². The van der Waals surface area contributed by atoms with Crippen LogP contribution in [0.1, 0.15) is 18.4 Å². The van der Waals surface area contributed by atoms with Crippen molar-refractivity contribution < 1.29 is 18.8 Å². The summed E-state index contributed by atoms with van der Waals surface area (Å²) in [6.45, 7) is 5.32. The predicted octanol–water partition coefficient (Wildman–Crippen LogP) is 2.79. The number of hydrogen-bond donors (Lipinski definition) is 1. The van der Waals surface area contributed by atoms with Crippen molar-refractivity contribution in [2.75, 3.05) is 26.2 Å². The van der Waals surface area contributed by atoms with Crippen molar-refractivity contribution in [1.82, 2.24) is 15.1 Å². The van der Waals surface area contributed by atoms with Gasteiger partial charge in [-0.05, 0) is 30.0 Å². The maximum atomic E-state index is 14.1. The van der Waals surface area contributed by atoms with Gasteiger partial charge in [0.05, 0.1) is 5.92 Å². The van der Waals surface area contributed by atoms with Crippen LogP contribution in [0, 0.1) is 11.7 Å². The summed E-state index contributed by atoms with van der Waals surface area (Å²) in [4.78, 5) is 41.3. The van der Waals surface area contributed by atoms with E-state index in [0.717, 1.165) is 11.1 Å². The van der Waals surface area contributed by atoms with Gasteiger partial charge in [0.25, 0.3) is 0 Å². The van der Waals surface area contributed by atoms with Gasteiger partial charge in [-0.2, -0.15) is 0 Å². The van der Waals surface area contributed by atoms with E-state index in [0.29, 0.717) is 51.0 Å². The van der Waals surface area contributed by atoms with E-state index in [-0.39, 0.29) is 23.5 Å². The molecule has 0 unspecified atom stereocenters. The number of rotatable bonds is 6. The van der Waals surface area contributed by atoms with Gasteiger partial charge in [0.1, 0.15) is 11.9 Å². The van der Waals surface area contributed by atoms with Crippen LogP contribution in [0.5, 0.6) is 0 Å². The normalized spacial score (nSPS) is 21.0. The second-order valence-corrected chi connectivity index (χ2v) is 8.59. The Balaban J connectivity index is 1.52. The number of nitrogens with zero attached hydrogens (tertiary/aromatic N) is 2. The Morgan fingerprint density at radius 3 is 2.55 bits per heavy atom. The second kappa shape index (κ2) is 9.98. The van der Waals surface area contributed by atoms with Crippen molar-refractivity contribution in [3.05, 3.63) is 72.6 Å². The van der Waals surface area contributed by atoms with Crippen LogP contribution in [0.25, 0.3) is 11.1 Å². The molecule has 2 fully saturated rings. The average molecular weight is 450 g/mol. The number of benzene rings is 2. The summed E-state index contributed by atoms with van der Waals surface area (Å²) in [6, 6.07) is 13.6. The predicted molar refractivity (Wildman–Crippen MR) is 124 cm³/mol. The zero-order valence-electron chi connectivity index (χ0n) is 18.5. The Bertz CT molecular complexity index is 1050. The highest BCUT2D eigenvalue weighted by molar-refractivity contribution is 5.91. The van der Waals surface area contributed by atoms with E-state index in [1.165, 1.54) is 6.07 Å². The number of amides is 3. The molecule has 2 saturated heterocycles. The zero-order chi connectivity index (χ0) is 23.4. The van der Waals surface area contributed by atoms with Gasteiger partial charge in [0, 0.05) is 38.2 Å². The third kappa shape index (κ3) is 5.13. The van der Waals surface area contributed by atoms with E-state index in [1.807, 2.05) is 24.3 Å². The van der Waals surface area contributed by atoms with Gasteiger partial charge in [-0.15, -0.1) is 6.58 Å². The number of carbonyl (C=O) groups is 3. The lowest BCUT2D eigenvalue weighted by molar-refractivity contribution is -0.136. The molecule has 0 spiro atoms. The molecule has 2 aliphatic rings. The van der Waals surface area contributed by atoms with Gasteiger partial charge in [0.2, 0.25) is 17.7 Å². The highest BCUT2D eigenvalue weighted by atomic mass is 19.1. The maximum absolute atomic E-state index is 14.1. The van der Waals surface area contributed by atoms with Crippen molar-refractivity contribution in [2.24, 2.45) is 5.92 Å². The smallest absolute Gasteiger partial charge is 0.245 e. The molecule has 4 rings (SSSR count). The Morgan fingerprint density at radius 1 is 1.12 bits per heavy atom. The summed E-state index contributed by atoms with van der Waals surface area (Å²) in [6.07, 6.45) is 2.99. The molecule has 2 aromatic rings. The van der Waals surface area contributed by atoms with Crippen molar-refractivity contribution in [3.63, 3.8) is 0 Å².